The molecule has 1 fully saturated rings. The Labute approximate surface area is 110 Å². The first-order valence-corrected chi connectivity index (χ1v) is 6.09. The number of nitrogen functional groups attached to an aromatic ring is 1. The molecule has 0 saturated heterocycles. The van der Waals surface area contributed by atoms with Crippen LogP contribution in [0.2, 0.25) is 0 Å². The monoisotopic (exact) mass is 264 g/mol. The molecule has 0 heterocycles. The lowest BCUT2D eigenvalue weighted by atomic mass is 10.1. The van der Waals surface area contributed by atoms with Crippen LogP contribution >= 0.6 is 0 Å². The maximum atomic E-state index is 12.1. The fourth-order valence-electron chi connectivity index (χ4n) is 1.97. The number of nitrogens with zero attached hydrogens (tertiary/aromatic N) is 1. The molecule has 1 saturated carbocycles. The van der Waals surface area contributed by atoms with Crippen LogP contribution in [0.25, 0.3) is 0 Å². The summed E-state index contributed by atoms with van der Waals surface area (Å²) in [5, 5.41) is 13.7. The van der Waals surface area contributed by atoms with E-state index in [9.17, 15) is 14.9 Å². The molecule has 0 radical (unpaired) electrons. The van der Waals surface area contributed by atoms with Crippen LogP contribution in [0.1, 0.15) is 30.1 Å². The average molecular weight is 264 g/mol. The highest BCUT2D eigenvalue weighted by Crippen LogP contribution is 2.32. The Morgan fingerprint density at radius 3 is 2.74 bits per heavy atom. The minimum atomic E-state index is -0.572. The highest BCUT2D eigenvalue weighted by atomic mass is 16.6. The SMILES string of the molecule is CC(NC(=O)c1cc(NN)ccc1[N+](=O)[O-])C1CC1. The summed E-state index contributed by atoms with van der Waals surface area (Å²) in [5.74, 6) is 5.30. The second-order valence-corrected chi connectivity index (χ2v) is 4.73. The maximum Gasteiger partial charge on any atom is 0.282 e. The van der Waals surface area contributed by atoms with Gasteiger partial charge in [-0.2, -0.15) is 0 Å². The van der Waals surface area contributed by atoms with Gasteiger partial charge in [0.2, 0.25) is 0 Å². The summed E-state index contributed by atoms with van der Waals surface area (Å²) in [4.78, 5) is 22.5. The van der Waals surface area contributed by atoms with Crippen LogP contribution in [0.4, 0.5) is 11.4 Å². The molecule has 2 rings (SSSR count). The standard InChI is InChI=1S/C12H16N4O3/c1-7(8-2-3-8)14-12(17)10-6-9(15-13)4-5-11(10)16(18)19/h4-8,15H,2-3,13H2,1H3,(H,14,17). The number of anilines is 1. The second-order valence-electron chi connectivity index (χ2n) is 4.73. The normalized spacial score (nSPS) is 15.7. The van der Waals surface area contributed by atoms with E-state index in [1.54, 1.807) is 0 Å². The zero-order chi connectivity index (χ0) is 14.0. The molecule has 1 aliphatic rings. The van der Waals surface area contributed by atoms with Gasteiger partial charge in [-0.25, -0.2) is 0 Å². The number of nitro benzene ring substituents is 1. The predicted molar refractivity (Wildman–Crippen MR) is 70.6 cm³/mol. The van der Waals surface area contributed by atoms with Crippen LogP contribution in [0.3, 0.4) is 0 Å². The van der Waals surface area contributed by atoms with E-state index in [0.717, 1.165) is 12.8 Å². The number of hydrazine groups is 1. The fraction of sp³-hybridized carbons (Fsp3) is 0.417. The molecule has 0 aliphatic heterocycles. The Morgan fingerprint density at radius 1 is 1.53 bits per heavy atom. The van der Waals surface area contributed by atoms with Crippen molar-refractivity contribution in [2.75, 3.05) is 5.43 Å². The highest BCUT2D eigenvalue weighted by Gasteiger charge is 2.30. The lowest BCUT2D eigenvalue weighted by molar-refractivity contribution is -0.385. The Morgan fingerprint density at radius 2 is 2.21 bits per heavy atom. The molecule has 0 spiro atoms. The Hall–Kier alpha value is -2.15. The molecule has 1 atom stereocenters. The average Bonchev–Trinajstić information content (AvgIpc) is 3.21. The van der Waals surface area contributed by atoms with E-state index < -0.39 is 10.8 Å². The van der Waals surface area contributed by atoms with E-state index in [0.29, 0.717) is 11.6 Å². The molecule has 19 heavy (non-hydrogen) atoms. The van der Waals surface area contributed by atoms with Crippen molar-refractivity contribution < 1.29 is 9.72 Å². The van der Waals surface area contributed by atoms with E-state index >= 15 is 0 Å². The Balaban J connectivity index is 2.24. The second kappa shape index (κ2) is 5.23. The summed E-state index contributed by atoms with van der Waals surface area (Å²) in [7, 11) is 0. The van der Waals surface area contributed by atoms with Gasteiger partial charge in [0.15, 0.2) is 0 Å². The summed E-state index contributed by atoms with van der Waals surface area (Å²) >= 11 is 0. The van der Waals surface area contributed by atoms with Crippen LogP contribution in [-0.2, 0) is 0 Å². The number of nitro groups is 1. The summed E-state index contributed by atoms with van der Waals surface area (Å²) in [6, 6.07) is 4.14. The molecule has 7 nitrogen and oxygen atoms in total. The van der Waals surface area contributed by atoms with E-state index in [4.69, 9.17) is 5.84 Å². The van der Waals surface area contributed by atoms with Gasteiger partial charge in [0, 0.05) is 17.8 Å². The maximum absolute atomic E-state index is 12.1. The van der Waals surface area contributed by atoms with E-state index in [-0.39, 0.29) is 17.3 Å². The molecule has 102 valence electrons. The molecule has 0 bridgehead atoms. The molecule has 1 aromatic carbocycles. The molecular formula is C12H16N4O3. The van der Waals surface area contributed by atoms with Crippen molar-refractivity contribution in [2.24, 2.45) is 11.8 Å². The van der Waals surface area contributed by atoms with E-state index in [2.05, 4.69) is 10.7 Å². The molecule has 1 aromatic rings. The van der Waals surface area contributed by atoms with E-state index in [1.807, 2.05) is 6.92 Å². The van der Waals surface area contributed by atoms with Crippen LogP contribution in [0.15, 0.2) is 18.2 Å². The van der Waals surface area contributed by atoms with Gasteiger partial charge in [0.1, 0.15) is 5.56 Å². The quantitative estimate of drug-likeness (QED) is 0.423. The number of nitrogens with one attached hydrogen (secondary N) is 2. The van der Waals surface area contributed by atoms with E-state index in [1.165, 1.54) is 18.2 Å². The first-order chi connectivity index (χ1) is 9.02. The van der Waals surface area contributed by atoms with Crippen molar-refractivity contribution >= 4 is 17.3 Å². The molecular weight excluding hydrogens is 248 g/mol. The van der Waals surface area contributed by atoms with Gasteiger partial charge in [-0.15, -0.1) is 0 Å². The lowest BCUT2D eigenvalue weighted by Crippen LogP contribution is -2.34. The first-order valence-electron chi connectivity index (χ1n) is 6.09. The number of benzene rings is 1. The summed E-state index contributed by atoms with van der Waals surface area (Å²) in [6.45, 7) is 1.91. The van der Waals surface area contributed by atoms with Crippen LogP contribution < -0.4 is 16.6 Å². The largest absolute Gasteiger partial charge is 0.349 e. The van der Waals surface area contributed by atoms with Crippen LogP contribution in [-0.4, -0.2) is 16.9 Å². The van der Waals surface area contributed by atoms with Crippen LogP contribution in [0.5, 0.6) is 0 Å². The molecule has 7 heteroatoms. The summed E-state index contributed by atoms with van der Waals surface area (Å²) in [6.07, 6.45) is 2.18. The lowest BCUT2D eigenvalue weighted by Gasteiger charge is -2.13. The van der Waals surface area contributed by atoms with Gasteiger partial charge in [0.25, 0.3) is 11.6 Å². The molecule has 0 aromatic heterocycles. The van der Waals surface area contributed by atoms with Gasteiger partial charge in [0.05, 0.1) is 4.92 Å². The first kappa shape index (κ1) is 13.3. The van der Waals surface area contributed by atoms with Crippen molar-refractivity contribution in [2.45, 2.75) is 25.8 Å². The number of amides is 1. The molecule has 1 amide bonds. The van der Waals surface area contributed by atoms with Crippen molar-refractivity contribution in [3.05, 3.63) is 33.9 Å². The van der Waals surface area contributed by atoms with Crippen LogP contribution in [0, 0.1) is 16.0 Å². The summed E-state index contributed by atoms with van der Waals surface area (Å²) < 4.78 is 0. The van der Waals surface area contributed by atoms with Crippen molar-refractivity contribution in [3.8, 4) is 0 Å². The number of carbonyl (C=O) groups is 1. The minimum absolute atomic E-state index is 0.0212. The smallest absolute Gasteiger partial charge is 0.282 e. The third-order valence-corrected chi connectivity index (χ3v) is 3.29. The topological polar surface area (TPSA) is 110 Å². The number of carbonyl (C=O) groups excluding carboxylic acids is 1. The molecule has 4 N–H and O–H groups in total. The zero-order valence-corrected chi connectivity index (χ0v) is 10.6. The number of hydrogen-bond donors (Lipinski definition) is 3. The number of rotatable bonds is 5. The van der Waals surface area contributed by atoms with Gasteiger partial charge in [-0.3, -0.25) is 20.8 Å². The van der Waals surface area contributed by atoms with Crippen molar-refractivity contribution in [1.82, 2.24) is 5.32 Å². The van der Waals surface area contributed by atoms with Gasteiger partial charge in [-0.1, -0.05) is 0 Å². The fourth-order valence-corrected chi connectivity index (χ4v) is 1.97. The third kappa shape index (κ3) is 3.00. The number of nitrogens with two attached hydrogens (primary N) is 1. The summed E-state index contributed by atoms with van der Waals surface area (Å²) in [5.41, 5.74) is 2.63. The predicted octanol–water partition coefficient (Wildman–Crippen LogP) is 1.41. The number of hydrogen-bond acceptors (Lipinski definition) is 5. The van der Waals surface area contributed by atoms with Crippen molar-refractivity contribution in [1.29, 1.82) is 0 Å². The van der Waals surface area contributed by atoms with Gasteiger partial charge in [-0.05, 0) is 37.8 Å². The Bertz CT molecular complexity index is 514. The molecule has 1 aliphatic carbocycles. The van der Waals surface area contributed by atoms with Gasteiger partial charge < -0.3 is 10.7 Å². The highest BCUT2D eigenvalue weighted by molar-refractivity contribution is 5.99. The minimum Gasteiger partial charge on any atom is -0.349 e. The van der Waals surface area contributed by atoms with Gasteiger partial charge >= 0.3 is 0 Å². The Kier molecular flexibility index (Phi) is 3.66. The van der Waals surface area contributed by atoms with Crippen molar-refractivity contribution in [3.63, 3.8) is 0 Å². The third-order valence-electron chi connectivity index (χ3n) is 3.29. The zero-order valence-electron chi connectivity index (χ0n) is 10.6. The molecule has 1 unspecified atom stereocenters.